The molecule has 1 aliphatic heterocycles. The number of hydrogen-bond acceptors (Lipinski definition) is 4. The molecule has 0 bridgehead atoms. The lowest BCUT2D eigenvalue weighted by atomic mass is 10.1. The molecule has 15 heavy (non-hydrogen) atoms. The predicted molar refractivity (Wildman–Crippen MR) is 55.0 cm³/mol. The Bertz CT molecular complexity index is 286. The van der Waals surface area contributed by atoms with Crippen LogP contribution in [-0.4, -0.2) is 41.0 Å². The van der Waals surface area contributed by atoms with E-state index in [1.165, 1.54) is 11.8 Å². The first-order valence-corrected chi connectivity index (χ1v) is 5.00. The number of Topliss-reactive ketones (excluding diaryl/α,β-unsaturated/α-hetero) is 1. The number of ether oxygens (including phenoxy) is 1. The molecule has 0 radical (unpaired) electrons. The van der Waals surface area contributed by atoms with Gasteiger partial charge < -0.3 is 15.4 Å². The average Bonchev–Trinajstić information content (AvgIpc) is 2.39. The van der Waals surface area contributed by atoms with E-state index in [0.29, 0.717) is 0 Å². The fourth-order valence-corrected chi connectivity index (χ4v) is 1.74. The van der Waals surface area contributed by atoms with Crippen LogP contribution >= 0.6 is 0 Å². The van der Waals surface area contributed by atoms with E-state index in [-0.39, 0.29) is 18.3 Å². The molecular weight excluding hydrogens is 196 g/mol. The van der Waals surface area contributed by atoms with Gasteiger partial charge in [-0.1, -0.05) is 0 Å². The number of ketones is 1. The SMILES string of the molecule is CC(=O)[C@@H]1COC(C)(C)N1C(=O)[C@H](C)N. The van der Waals surface area contributed by atoms with E-state index >= 15 is 0 Å². The Balaban J connectivity index is 2.97. The van der Waals surface area contributed by atoms with Gasteiger partial charge in [0.25, 0.3) is 0 Å². The van der Waals surface area contributed by atoms with Crippen LogP contribution in [-0.2, 0) is 14.3 Å². The molecule has 0 aromatic carbocycles. The molecule has 5 nitrogen and oxygen atoms in total. The highest BCUT2D eigenvalue weighted by molar-refractivity contribution is 5.90. The van der Waals surface area contributed by atoms with Crippen LogP contribution in [0, 0.1) is 0 Å². The number of hydrogen-bond donors (Lipinski definition) is 1. The van der Waals surface area contributed by atoms with Gasteiger partial charge in [-0.2, -0.15) is 0 Å². The molecule has 5 heteroatoms. The van der Waals surface area contributed by atoms with Crippen molar-refractivity contribution in [1.82, 2.24) is 4.90 Å². The number of nitrogens with two attached hydrogens (primary N) is 1. The minimum Gasteiger partial charge on any atom is -0.354 e. The molecule has 0 aromatic heterocycles. The van der Waals surface area contributed by atoms with Crippen molar-refractivity contribution in [1.29, 1.82) is 0 Å². The third-order valence-electron chi connectivity index (χ3n) is 2.58. The molecule has 0 unspecified atom stereocenters. The zero-order valence-electron chi connectivity index (χ0n) is 9.61. The van der Waals surface area contributed by atoms with Gasteiger partial charge >= 0.3 is 0 Å². The van der Waals surface area contributed by atoms with Gasteiger partial charge in [0.2, 0.25) is 5.91 Å². The van der Waals surface area contributed by atoms with Crippen LogP contribution in [0.2, 0.25) is 0 Å². The Morgan fingerprint density at radius 3 is 2.47 bits per heavy atom. The summed E-state index contributed by atoms with van der Waals surface area (Å²) in [6.45, 7) is 6.83. The van der Waals surface area contributed by atoms with Gasteiger partial charge in [0, 0.05) is 0 Å². The Hall–Kier alpha value is -0.940. The Labute approximate surface area is 89.6 Å². The third-order valence-corrected chi connectivity index (χ3v) is 2.58. The maximum atomic E-state index is 11.8. The van der Waals surface area contributed by atoms with E-state index in [0.717, 1.165) is 0 Å². The molecule has 2 N–H and O–H groups in total. The highest BCUT2D eigenvalue weighted by atomic mass is 16.5. The molecule has 1 amide bonds. The first-order valence-electron chi connectivity index (χ1n) is 5.00. The van der Waals surface area contributed by atoms with Gasteiger partial charge in [-0.25, -0.2) is 0 Å². The maximum absolute atomic E-state index is 11.8. The topological polar surface area (TPSA) is 72.6 Å². The van der Waals surface area contributed by atoms with Crippen LogP contribution in [0.1, 0.15) is 27.7 Å². The second kappa shape index (κ2) is 3.90. The molecule has 1 heterocycles. The molecule has 1 rings (SSSR count). The van der Waals surface area contributed by atoms with Crippen molar-refractivity contribution in [3.8, 4) is 0 Å². The summed E-state index contributed by atoms with van der Waals surface area (Å²) in [4.78, 5) is 24.6. The number of nitrogens with zero attached hydrogens (tertiary/aromatic N) is 1. The second-order valence-corrected chi connectivity index (χ2v) is 4.38. The minimum atomic E-state index is -0.749. The van der Waals surface area contributed by atoms with E-state index in [1.807, 2.05) is 0 Å². The summed E-state index contributed by atoms with van der Waals surface area (Å²) in [5, 5.41) is 0. The Morgan fingerprint density at radius 1 is 1.53 bits per heavy atom. The first kappa shape index (κ1) is 12.1. The Morgan fingerprint density at radius 2 is 2.07 bits per heavy atom. The van der Waals surface area contributed by atoms with Crippen LogP contribution in [0.5, 0.6) is 0 Å². The van der Waals surface area contributed by atoms with E-state index < -0.39 is 17.8 Å². The molecule has 1 aliphatic rings. The van der Waals surface area contributed by atoms with Crippen molar-refractivity contribution in [2.75, 3.05) is 6.61 Å². The summed E-state index contributed by atoms with van der Waals surface area (Å²) in [7, 11) is 0. The van der Waals surface area contributed by atoms with Crippen molar-refractivity contribution in [3.63, 3.8) is 0 Å². The van der Waals surface area contributed by atoms with Gasteiger partial charge in [0.1, 0.15) is 11.8 Å². The Kier molecular flexibility index (Phi) is 3.16. The summed E-state index contributed by atoms with van der Waals surface area (Å²) in [5.74, 6) is -0.327. The molecule has 0 aromatic rings. The quantitative estimate of drug-likeness (QED) is 0.696. The molecule has 1 saturated heterocycles. The summed E-state index contributed by atoms with van der Waals surface area (Å²) in [6, 6.07) is -1.12. The van der Waals surface area contributed by atoms with Crippen LogP contribution in [0.25, 0.3) is 0 Å². The van der Waals surface area contributed by atoms with E-state index in [2.05, 4.69) is 0 Å². The number of carbonyl (C=O) groups excluding carboxylic acids is 2. The number of amides is 1. The molecular formula is C10H18N2O3. The zero-order chi connectivity index (χ0) is 11.8. The number of rotatable bonds is 2. The monoisotopic (exact) mass is 214 g/mol. The van der Waals surface area contributed by atoms with Crippen LogP contribution in [0.3, 0.4) is 0 Å². The largest absolute Gasteiger partial charge is 0.354 e. The van der Waals surface area contributed by atoms with Gasteiger partial charge in [-0.3, -0.25) is 9.59 Å². The highest BCUT2D eigenvalue weighted by Gasteiger charge is 2.46. The van der Waals surface area contributed by atoms with Gasteiger partial charge in [0.15, 0.2) is 5.78 Å². The summed E-state index contributed by atoms with van der Waals surface area (Å²) >= 11 is 0. The normalized spacial score (nSPS) is 26.5. The third kappa shape index (κ3) is 2.18. The van der Waals surface area contributed by atoms with Crippen molar-refractivity contribution >= 4 is 11.7 Å². The lowest BCUT2D eigenvalue weighted by molar-refractivity contribution is -0.149. The zero-order valence-corrected chi connectivity index (χ0v) is 9.61. The van der Waals surface area contributed by atoms with Gasteiger partial charge in [-0.05, 0) is 27.7 Å². The van der Waals surface area contributed by atoms with E-state index in [9.17, 15) is 9.59 Å². The predicted octanol–water partition coefficient (Wildman–Crippen LogP) is -0.114. The molecule has 1 fully saturated rings. The van der Waals surface area contributed by atoms with Gasteiger partial charge in [0.05, 0.1) is 12.6 Å². The van der Waals surface area contributed by atoms with Crippen molar-refractivity contribution < 1.29 is 14.3 Å². The van der Waals surface area contributed by atoms with E-state index in [4.69, 9.17) is 10.5 Å². The van der Waals surface area contributed by atoms with Crippen molar-refractivity contribution in [3.05, 3.63) is 0 Å². The lowest BCUT2D eigenvalue weighted by Crippen LogP contribution is -2.54. The summed E-state index contributed by atoms with van der Waals surface area (Å²) < 4.78 is 5.43. The first-order chi connectivity index (χ1) is 6.77. The smallest absolute Gasteiger partial charge is 0.242 e. The van der Waals surface area contributed by atoms with Crippen LogP contribution < -0.4 is 5.73 Å². The highest BCUT2D eigenvalue weighted by Crippen LogP contribution is 2.28. The average molecular weight is 214 g/mol. The molecule has 2 atom stereocenters. The van der Waals surface area contributed by atoms with Crippen molar-refractivity contribution in [2.45, 2.75) is 45.5 Å². The van der Waals surface area contributed by atoms with E-state index in [1.54, 1.807) is 20.8 Å². The van der Waals surface area contributed by atoms with Crippen molar-refractivity contribution in [2.24, 2.45) is 5.73 Å². The maximum Gasteiger partial charge on any atom is 0.242 e. The standard InChI is InChI=1S/C10H18N2O3/c1-6(11)9(14)12-8(7(2)13)5-15-10(12,3)4/h6,8H,5,11H2,1-4H3/t6-,8-/m0/s1. The molecule has 86 valence electrons. The molecule has 0 saturated carbocycles. The fraction of sp³-hybridized carbons (Fsp3) is 0.800. The molecule has 0 spiro atoms. The van der Waals surface area contributed by atoms with Gasteiger partial charge in [-0.15, -0.1) is 0 Å². The lowest BCUT2D eigenvalue weighted by Gasteiger charge is -2.33. The van der Waals surface area contributed by atoms with Crippen LogP contribution in [0.4, 0.5) is 0 Å². The minimum absolute atomic E-state index is 0.0745. The van der Waals surface area contributed by atoms with Crippen LogP contribution in [0.15, 0.2) is 0 Å². The summed E-state index contributed by atoms with van der Waals surface area (Å²) in [6.07, 6.45) is 0. The number of carbonyl (C=O) groups is 2. The summed E-state index contributed by atoms with van der Waals surface area (Å²) in [5.41, 5.74) is 4.79. The fourth-order valence-electron chi connectivity index (χ4n) is 1.74. The molecule has 0 aliphatic carbocycles. The second-order valence-electron chi connectivity index (χ2n) is 4.38.